The van der Waals surface area contributed by atoms with Crippen LogP contribution in [0.5, 0.6) is 0 Å². The molecule has 2 aromatic rings. The fourth-order valence-electron chi connectivity index (χ4n) is 2.50. The minimum Gasteiger partial charge on any atom is -0.384 e. The maximum Gasteiger partial charge on any atom is 0.251 e. The van der Waals surface area contributed by atoms with E-state index in [9.17, 15) is 8.78 Å². The number of rotatable bonds is 1. The summed E-state index contributed by atoms with van der Waals surface area (Å²) in [7, 11) is 0. The van der Waals surface area contributed by atoms with Crippen molar-refractivity contribution in [2.75, 3.05) is 23.7 Å². The van der Waals surface area contributed by atoms with E-state index in [1.54, 1.807) is 6.07 Å². The summed E-state index contributed by atoms with van der Waals surface area (Å²) in [6, 6.07) is 5.58. The van der Waals surface area contributed by atoms with Crippen LogP contribution in [0.25, 0.3) is 10.9 Å². The minimum atomic E-state index is -2.57. The summed E-state index contributed by atoms with van der Waals surface area (Å²) in [4.78, 5) is 10.6. The van der Waals surface area contributed by atoms with Gasteiger partial charge in [-0.2, -0.15) is 0 Å². The molecule has 1 saturated heterocycles. The van der Waals surface area contributed by atoms with E-state index in [1.807, 2.05) is 24.0 Å². The van der Waals surface area contributed by atoms with Crippen LogP contribution in [0.3, 0.4) is 0 Å². The SMILES string of the molecule is Cc1ccc2cc(N)nc(N3CCC(F)(F)CC3)c2n1. The first kappa shape index (κ1) is 13.0. The van der Waals surface area contributed by atoms with E-state index in [2.05, 4.69) is 9.97 Å². The second-order valence-corrected chi connectivity index (χ2v) is 5.24. The van der Waals surface area contributed by atoms with Gasteiger partial charge in [0.05, 0.1) is 0 Å². The molecule has 4 nitrogen and oxygen atoms in total. The van der Waals surface area contributed by atoms with E-state index in [1.165, 1.54) is 0 Å². The fraction of sp³-hybridized carbons (Fsp3) is 0.429. The molecule has 6 heteroatoms. The molecular formula is C14H16F2N4. The van der Waals surface area contributed by atoms with Crippen molar-refractivity contribution >= 4 is 22.5 Å². The summed E-state index contributed by atoms with van der Waals surface area (Å²) in [5.74, 6) is -1.58. The number of anilines is 2. The van der Waals surface area contributed by atoms with Crippen LogP contribution in [0, 0.1) is 6.92 Å². The Morgan fingerprint density at radius 2 is 1.90 bits per heavy atom. The predicted octanol–water partition coefficient (Wildman–Crippen LogP) is 2.76. The lowest BCUT2D eigenvalue weighted by molar-refractivity contribution is -0.0221. The first-order chi connectivity index (χ1) is 9.44. The first-order valence-corrected chi connectivity index (χ1v) is 6.61. The van der Waals surface area contributed by atoms with Crippen molar-refractivity contribution in [1.82, 2.24) is 9.97 Å². The maximum atomic E-state index is 13.3. The summed E-state index contributed by atoms with van der Waals surface area (Å²) in [5.41, 5.74) is 7.40. The molecule has 2 aromatic heterocycles. The molecule has 1 fully saturated rings. The van der Waals surface area contributed by atoms with E-state index in [4.69, 9.17) is 5.73 Å². The molecule has 2 N–H and O–H groups in total. The van der Waals surface area contributed by atoms with Crippen molar-refractivity contribution in [3.63, 3.8) is 0 Å². The Hall–Kier alpha value is -1.98. The Morgan fingerprint density at radius 3 is 2.60 bits per heavy atom. The summed E-state index contributed by atoms with van der Waals surface area (Å²) < 4.78 is 26.5. The summed E-state index contributed by atoms with van der Waals surface area (Å²) in [6.07, 6.45) is -0.312. The van der Waals surface area contributed by atoms with Gasteiger partial charge < -0.3 is 10.6 Å². The van der Waals surface area contributed by atoms with Gasteiger partial charge >= 0.3 is 0 Å². The topological polar surface area (TPSA) is 55.0 Å². The van der Waals surface area contributed by atoms with Gasteiger partial charge in [-0.3, -0.25) is 0 Å². The number of nitrogen functional groups attached to an aromatic ring is 1. The first-order valence-electron chi connectivity index (χ1n) is 6.61. The Labute approximate surface area is 115 Å². The normalized spacial score (nSPS) is 18.4. The Bertz CT molecular complexity index is 647. The zero-order valence-electron chi connectivity index (χ0n) is 11.2. The molecule has 0 amide bonds. The lowest BCUT2D eigenvalue weighted by atomic mass is 10.1. The van der Waals surface area contributed by atoms with Crippen molar-refractivity contribution in [2.45, 2.75) is 25.7 Å². The van der Waals surface area contributed by atoms with Crippen molar-refractivity contribution < 1.29 is 8.78 Å². The molecule has 20 heavy (non-hydrogen) atoms. The number of halogens is 2. The number of nitrogens with two attached hydrogens (primary N) is 1. The number of nitrogens with zero attached hydrogens (tertiary/aromatic N) is 3. The van der Waals surface area contributed by atoms with E-state index in [0.29, 0.717) is 11.6 Å². The molecule has 1 aliphatic rings. The standard InChI is InChI=1S/C14H16F2N4/c1-9-2-3-10-8-11(17)19-13(12(10)18-9)20-6-4-14(15,16)5-7-20/h2-3,8H,4-7H2,1H3,(H2,17,19). The molecule has 0 radical (unpaired) electrons. The van der Waals surface area contributed by atoms with Gasteiger partial charge in [0.2, 0.25) is 0 Å². The Kier molecular flexibility index (Phi) is 2.96. The lowest BCUT2D eigenvalue weighted by Gasteiger charge is -2.33. The molecule has 106 valence electrons. The molecule has 0 atom stereocenters. The Morgan fingerprint density at radius 1 is 1.20 bits per heavy atom. The number of hydrogen-bond donors (Lipinski definition) is 1. The third-order valence-corrected chi connectivity index (χ3v) is 3.61. The summed E-state index contributed by atoms with van der Waals surface area (Å²) in [5, 5.41) is 0.885. The third kappa shape index (κ3) is 2.37. The van der Waals surface area contributed by atoms with Gasteiger partial charge in [0.25, 0.3) is 5.92 Å². The minimum absolute atomic E-state index is 0.156. The fourth-order valence-corrected chi connectivity index (χ4v) is 2.50. The summed E-state index contributed by atoms with van der Waals surface area (Å²) in [6.45, 7) is 2.44. The second kappa shape index (κ2) is 4.54. The Balaban J connectivity index is 2.04. The number of pyridine rings is 2. The van der Waals surface area contributed by atoms with Crippen LogP contribution in [-0.4, -0.2) is 29.0 Å². The number of fused-ring (bicyclic) bond motifs is 1. The quantitative estimate of drug-likeness (QED) is 0.871. The highest BCUT2D eigenvalue weighted by Gasteiger charge is 2.35. The highest BCUT2D eigenvalue weighted by Crippen LogP contribution is 2.32. The van der Waals surface area contributed by atoms with Gasteiger partial charge in [0.15, 0.2) is 5.82 Å². The molecule has 0 aromatic carbocycles. The highest BCUT2D eigenvalue weighted by atomic mass is 19.3. The monoisotopic (exact) mass is 278 g/mol. The molecule has 3 heterocycles. The van der Waals surface area contributed by atoms with E-state index < -0.39 is 5.92 Å². The molecule has 1 aliphatic heterocycles. The van der Waals surface area contributed by atoms with Crippen molar-refractivity contribution in [2.24, 2.45) is 0 Å². The van der Waals surface area contributed by atoms with Gasteiger partial charge in [-0.1, -0.05) is 6.07 Å². The third-order valence-electron chi connectivity index (χ3n) is 3.61. The maximum absolute atomic E-state index is 13.3. The molecule has 0 unspecified atom stereocenters. The van der Waals surface area contributed by atoms with E-state index in [-0.39, 0.29) is 25.9 Å². The van der Waals surface area contributed by atoms with Gasteiger partial charge in [-0.25, -0.2) is 18.7 Å². The van der Waals surface area contributed by atoms with Crippen molar-refractivity contribution in [3.8, 4) is 0 Å². The molecular weight excluding hydrogens is 262 g/mol. The van der Waals surface area contributed by atoms with Crippen LogP contribution in [0.2, 0.25) is 0 Å². The summed E-state index contributed by atoms with van der Waals surface area (Å²) >= 11 is 0. The zero-order valence-corrected chi connectivity index (χ0v) is 11.2. The number of aromatic nitrogens is 2. The van der Waals surface area contributed by atoms with Crippen LogP contribution in [0.1, 0.15) is 18.5 Å². The van der Waals surface area contributed by atoms with E-state index in [0.717, 1.165) is 16.6 Å². The number of hydrogen-bond acceptors (Lipinski definition) is 4. The van der Waals surface area contributed by atoms with Crippen LogP contribution >= 0.6 is 0 Å². The van der Waals surface area contributed by atoms with Crippen LogP contribution in [0.4, 0.5) is 20.4 Å². The number of aryl methyl sites for hydroxylation is 1. The average molecular weight is 278 g/mol. The molecule has 3 rings (SSSR count). The number of piperidine rings is 1. The second-order valence-electron chi connectivity index (χ2n) is 5.24. The van der Waals surface area contributed by atoms with Gasteiger partial charge in [-0.15, -0.1) is 0 Å². The van der Waals surface area contributed by atoms with Crippen LogP contribution in [0.15, 0.2) is 18.2 Å². The molecule has 0 saturated carbocycles. The average Bonchev–Trinajstić information content (AvgIpc) is 2.39. The smallest absolute Gasteiger partial charge is 0.251 e. The highest BCUT2D eigenvalue weighted by molar-refractivity contribution is 5.90. The largest absolute Gasteiger partial charge is 0.384 e. The molecule has 0 bridgehead atoms. The van der Waals surface area contributed by atoms with Crippen molar-refractivity contribution in [3.05, 3.63) is 23.9 Å². The van der Waals surface area contributed by atoms with Gasteiger partial charge in [-0.05, 0) is 19.1 Å². The van der Waals surface area contributed by atoms with Gasteiger partial charge in [0.1, 0.15) is 11.3 Å². The van der Waals surface area contributed by atoms with Crippen molar-refractivity contribution in [1.29, 1.82) is 0 Å². The number of alkyl halides is 2. The van der Waals surface area contributed by atoms with Crippen LogP contribution in [-0.2, 0) is 0 Å². The van der Waals surface area contributed by atoms with Gasteiger partial charge in [0, 0.05) is 37.0 Å². The zero-order chi connectivity index (χ0) is 14.3. The van der Waals surface area contributed by atoms with Crippen LogP contribution < -0.4 is 10.6 Å². The predicted molar refractivity (Wildman–Crippen MR) is 75.1 cm³/mol. The molecule has 0 spiro atoms. The molecule has 0 aliphatic carbocycles. The van der Waals surface area contributed by atoms with E-state index >= 15 is 0 Å². The lowest BCUT2D eigenvalue weighted by Crippen LogP contribution is -2.40.